The molecule has 1 aliphatic heterocycles. The molecule has 0 atom stereocenters. The number of carbonyl (C=O) groups excluding carboxylic acids is 1. The summed E-state index contributed by atoms with van der Waals surface area (Å²) in [4.78, 5) is 24.5. The summed E-state index contributed by atoms with van der Waals surface area (Å²) in [5, 5.41) is 2.70. The standard InChI is InChI=1S/C19H19N3O5S/c23-18(20-14-6-2-1-3-7-14)13-22-16-9-8-15(12-17(16)27-19(22)24)28(25,26)21-10-4-5-11-21/h1-3,6-9,12H,4-5,10-11,13H2,(H,20,23). The number of nitrogens with zero attached hydrogens (tertiary/aromatic N) is 2. The van der Waals surface area contributed by atoms with Gasteiger partial charge in [0, 0.05) is 24.8 Å². The van der Waals surface area contributed by atoms with Crippen molar-refractivity contribution in [2.24, 2.45) is 0 Å². The molecule has 2 aromatic carbocycles. The van der Waals surface area contributed by atoms with Crippen LogP contribution in [0.5, 0.6) is 0 Å². The summed E-state index contributed by atoms with van der Waals surface area (Å²) in [5.74, 6) is -1.10. The van der Waals surface area contributed by atoms with Crippen LogP contribution in [0.2, 0.25) is 0 Å². The molecule has 1 N–H and O–H groups in total. The molecular weight excluding hydrogens is 382 g/mol. The lowest BCUT2D eigenvalue weighted by Gasteiger charge is -2.15. The van der Waals surface area contributed by atoms with Crippen LogP contribution >= 0.6 is 0 Å². The van der Waals surface area contributed by atoms with Crippen LogP contribution in [0.4, 0.5) is 5.69 Å². The third kappa shape index (κ3) is 3.46. The smallest absolute Gasteiger partial charge is 0.408 e. The van der Waals surface area contributed by atoms with Gasteiger partial charge >= 0.3 is 5.76 Å². The van der Waals surface area contributed by atoms with E-state index in [4.69, 9.17) is 4.42 Å². The average Bonchev–Trinajstić information content (AvgIpc) is 3.31. The predicted octanol–water partition coefficient (Wildman–Crippen LogP) is 2.02. The number of para-hydroxylation sites is 1. The van der Waals surface area contributed by atoms with Crippen LogP contribution in [-0.2, 0) is 21.4 Å². The minimum absolute atomic E-state index is 0.0801. The van der Waals surface area contributed by atoms with E-state index >= 15 is 0 Å². The van der Waals surface area contributed by atoms with Gasteiger partial charge in [-0.1, -0.05) is 18.2 Å². The number of amides is 1. The van der Waals surface area contributed by atoms with Crippen LogP contribution in [0.25, 0.3) is 11.1 Å². The molecule has 0 saturated carbocycles. The van der Waals surface area contributed by atoms with Crippen LogP contribution in [0.1, 0.15) is 12.8 Å². The molecule has 28 heavy (non-hydrogen) atoms. The van der Waals surface area contributed by atoms with Crippen LogP contribution in [0.3, 0.4) is 0 Å². The van der Waals surface area contributed by atoms with E-state index in [9.17, 15) is 18.0 Å². The number of aromatic nitrogens is 1. The highest BCUT2D eigenvalue weighted by molar-refractivity contribution is 7.89. The van der Waals surface area contributed by atoms with Gasteiger partial charge in [-0.2, -0.15) is 4.31 Å². The Bertz CT molecular complexity index is 1180. The van der Waals surface area contributed by atoms with Gasteiger partial charge in [-0.25, -0.2) is 13.2 Å². The van der Waals surface area contributed by atoms with Crippen molar-refractivity contribution in [2.75, 3.05) is 18.4 Å². The van der Waals surface area contributed by atoms with Gasteiger partial charge in [0.2, 0.25) is 15.9 Å². The Morgan fingerprint density at radius 3 is 2.50 bits per heavy atom. The van der Waals surface area contributed by atoms with Gasteiger partial charge in [0.05, 0.1) is 10.4 Å². The van der Waals surface area contributed by atoms with Crippen molar-refractivity contribution in [1.82, 2.24) is 8.87 Å². The lowest BCUT2D eigenvalue weighted by atomic mass is 10.3. The first-order valence-electron chi connectivity index (χ1n) is 8.93. The van der Waals surface area contributed by atoms with Gasteiger partial charge in [-0.15, -0.1) is 0 Å². The van der Waals surface area contributed by atoms with Gasteiger partial charge in [0.15, 0.2) is 5.58 Å². The molecule has 9 heteroatoms. The predicted molar refractivity (Wildman–Crippen MR) is 104 cm³/mol. The molecule has 3 aromatic rings. The number of nitrogens with one attached hydrogen (secondary N) is 1. The monoisotopic (exact) mass is 401 g/mol. The number of fused-ring (bicyclic) bond motifs is 1. The fourth-order valence-electron chi connectivity index (χ4n) is 3.30. The van der Waals surface area contributed by atoms with E-state index in [1.807, 2.05) is 6.07 Å². The molecule has 1 aromatic heterocycles. The Hall–Kier alpha value is -2.91. The summed E-state index contributed by atoms with van der Waals surface area (Å²) in [6, 6.07) is 13.2. The van der Waals surface area contributed by atoms with E-state index in [-0.39, 0.29) is 22.9 Å². The van der Waals surface area contributed by atoms with E-state index < -0.39 is 15.8 Å². The van der Waals surface area contributed by atoms with Gasteiger partial charge < -0.3 is 9.73 Å². The second-order valence-electron chi connectivity index (χ2n) is 6.61. The molecule has 1 aliphatic rings. The van der Waals surface area contributed by atoms with Crippen molar-refractivity contribution < 1.29 is 17.6 Å². The number of anilines is 1. The van der Waals surface area contributed by atoms with Crippen LogP contribution < -0.4 is 11.1 Å². The highest BCUT2D eigenvalue weighted by Crippen LogP contribution is 2.24. The Kier molecular flexibility index (Phi) is 4.78. The number of carbonyl (C=O) groups is 1. The highest BCUT2D eigenvalue weighted by atomic mass is 32.2. The molecule has 0 unspecified atom stereocenters. The summed E-state index contributed by atoms with van der Waals surface area (Å²) in [5.41, 5.74) is 1.12. The minimum Gasteiger partial charge on any atom is -0.408 e. The molecule has 1 fully saturated rings. The first kappa shape index (κ1) is 18.5. The quantitative estimate of drug-likeness (QED) is 0.705. The Balaban J connectivity index is 1.61. The maximum absolute atomic E-state index is 12.7. The molecule has 1 saturated heterocycles. The third-order valence-corrected chi connectivity index (χ3v) is 6.60. The SMILES string of the molecule is O=C(Cn1c(=O)oc2cc(S(=O)(=O)N3CCCC3)ccc21)Nc1ccccc1. The number of rotatable bonds is 5. The lowest BCUT2D eigenvalue weighted by Crippen LogP contribution is -2.27. The van der Waals surface area contributed by atoms with Crippen molar-refractivity contribution in [3.63, 3.8) is 0 Å². The summed E-state index contributed by atoms with van der Waals surface area (Å²) in [6.45, 7) is 0.745. The van der Waals surface area contributed by atoms with E-state index in [0.717, 1.165) is 12.8 Å². The molecule has 1 amide bonds. The molecule has 0 spiro atoms. The summed E-state index contributed by atoms with van der Waals surface area (Å²) >= 11 is 0. The summed E-state index contributed by atoms with van der Waals surface area (Å²) in [7, 11) is -3.61. The number of sulfonamides is 1. The van der Waals surface area contributed by atoms with E-state index in [1.165, 1.54) is 27.1 Å². The third-order valence-electron chi connectivity index (χ3n) is 4.70. The molecule has 0 aliphatic carbocycles. The van der Waals surface area contributed by atoms with Crippen LogP contribution in [-0.4, -0.2) is 36.3 Å². The number of hydrogen-bond acceptors (Lipinski definition) is 5. The fourth-order valence-corrected chi connectivity index (χ4v) is 4.83. The van der Waals surface area contributed by atoms with E-state index in [1.54, 1.807) is 24.3 Å². The van der Waals surface area contributed by atoms with Gasteiger partial charge in [-0.05, 0) is 37.1 Å². The Morgan fingerprint density at radius 2 is 1.79 bits per heavy atom. The van der Waals surface area contributed by atoms with Gasteiger partial charge in [0.1, 0.15) is 6.54 Å². The number of hydrogen-bond donors (Lipinski definition) is 1. The normalized spacial score (nSPS) is 15.1. The topological polar surface area (TPSA) is 102 Å². The zero-order valence-electron chi connectivity index (χ0n) is 15.0. The van der Waals surface area contributed by atoms with Crippen LogP contribution in [0, 0.1) is 0 Å². The Labute approximate surface area is 161 Å². The van der Waals surface area contributed by atoms with E-state index in [2.05, 4.69) is 5.32 Å². The zero-order chi connectivity index (χ0) is 19.7. The Morgan fingerprint density at radius 1 is 1.07 bits per heavy atom. The minimum atomic E-state index is -3.61. The number of benzene rings is 2. The van der Waals surface area contributed by atoms with Crippen molar-refractivity contribution in [1.29, 1.82) is 0 Å². The van der Waals surface area contributed by atoms with Gasteiger partial charge in [-0.3, -0.25) is 9.36 Å². The first-order valence-corrected chi connectivity index (χ1v) is 10.4. The number of oxazole rings is 1. The van der Waals surface area contributed by atoms with Crippen LogP contribution in [0.15, 0.2) is 62.6 Å². The molecule has 146 valence electrons. The van der Waals surface area contributed by atoms with Crippen molar-refractivity contribution >= 4 is 32.7 Å². The molecule has 2 heterocycles. The second kappa shape index (κ2) is 7.25. The van der Waals surface area contributed by atoms with Crippen molar-refractivity contribution in [3.8, 4) is 0 Å². The van der Waals surface area contributed by atoms with Gasteiger partial charge in [0.25, 0.3) is 0 Å². The maximum atomic E-state index is 12.7. The lowest BCUT2D eigenvalue weighted by molar-refractivity contribution is -0.116. The molecular formula is C19H19N3O5S. The van der Waals surface area contributed by atoms with E-state index in [0.29, 0.717) is 24.3 Å². The maximum Gasteiger partial charge on any atom is 0.420 e. The largest absolute Gasteiger partial charge is 0.420 e. The molecule has 0 radical (unpaired) electrons. The molecule has 4 rings (SSSR count). The highest BCUT2D eigenvalue weighted by Gasteiger charge is 2.28. The zero-order valence-corrected chi connectivity index (χ0v) is 15.8. The van der Waals surface area contributed by atoms with Crippen molar-refractivity contribution in [2.45, 2.75) is 24.3 Å². The summed E-state index contributed by atoms with van der Waals surface area (Å²) in [6.07, 6.45) is 1.67. The van der Waals surface area contributed by atoms with Crippen molar-refractivity contribution in [3.05, 3.63) is 59.1 Å². The fraction of sp³-hybridized carbons (Fsp3) is 0.263. The average molecular weight is 401 g/mol. The molecule has 8 nitrogen and oxygen atoms in total. The molecule has 0 bridgehead atoms. The summed E-state index contributed by atoms with van der Waals surface area (Å²) < 4.78 is 33.2. The second-order valence-corrected chi connectivity index (χ2v) is 8.55. The first-order chi connectivity index (χ1) is 13.4.